The molecule has 0 aromatic heterocycles. The Kier molecular flexibility index (Phi) is 7.76. The molecule has 5 rings (SSSR count). The van der Waals surface area contributed by atoms with Crippen molar-refractivity contribution < 1.29 is 32.9 Å². The van der Waals surface area contributed by atoms with Crippen LogP contribution in [0.5, 0.6) is 5.75 Å². The number of carbonyl (C=O) groups excluding carboxylic acids is 1. The Morgan fingerprint density at radius 1 is 1.08 bits per heavy atom. The van der Waals surface area contributed by atoms with Crippen molar-refractivity contribution in [2.24, 2.45) is 22.7 Å². The van der Waals surface area contributed by atoms with E-state index < -0.39 is 24.0 Å². The number of aliphatic hydroxyl groups is 1. The quantitative estimate of drug-likeness (QED) is 0.529. The number of hydrogen-bond donors (Lipinski definition) is 2. The van der Waals surface area contributed by atoms with Gasteiger partial charge < -0.3 is 24.6 Å². The minimum absolute atomic E-state index is 0.00583. The highest BCUT2D eigenvalue weighted by atomic mass is 19.1. The molecule has 7 atom stereocenters. The predicted molar refractivity (Wildman–Crippen MR) is 137 cm³/mol. The number of fused-ring (bicyclic) bond motifs is 3. The molecule has 1 heterocycles. The molecule has 1 saturated heterocycles. The summed E-state index contributed by atoms with van der Waals surface area (Å²) in [7, 11) is 0. The fourth-order valence-corrected chi connectivity index (χ4v) is 7.24. The van der Waals surface area contributed by atoms with Crippen molar-refractivity contribution in [3.63, 3.8) is 0 Å². The van der Waals surface area contributed by atoms with E-state index >= 15 is 0 Å². The van der Waals surface area contributed by atoms with E-state index in [0.717, 1.165) is 31.1 Å². The van der Waals surface area contributed by atoms with Gasteiger partial charge in [0.05, 0.1) is 18.8 Å². The van der Waals surface area contributed by atoms with Crippen molar-refractivity contribution in [3.05, 3.63) is 65.7 Å². The first-order chi connectivity index (χ1) is 18.2. The topological polar surface area (TPSA) is 77.0 Å². The third-order valence-corrected chi connectivity index (χ3v) is 9.18. The van der Waals surface area contributed by atoms with Crippen molar-refractivity contribution in [2.45, 2.75) is 71.0 Å². The fourth-order valence-electron chi connectivity index (χ4n) is 7.24. The number of hydrogen-bond acceptors (Lipinski definition) is 5. The zero-order valence-electron chi connectivity index (χ0n) is 22.0. The monoisotopic (exact) mass is 529 g/mol. The van der Waals surface area contributed by atoms with E-state index in [0.29, 0.717) is 25.2 Å². The molecule has 2 saturated carbocycles. The number of para-hydroxylation sites is 1. The van der Waals surface area contributed by atoms with Crippen LogP contribution >= 0.6 is 0 Å². The van der Waals surface area contributed by atoms with Crippen LogP contribution in [0.2, 0.25) is 0 Å². The van der Waals surface area contributed by atoms with Crippen molar-refractivity contribution in [1.29, 1.82) is 0 Å². The minimum Gasteiger partial charge on any atom is -0.488 e. The second kappa shape index (κ2) is 10.9. The van der Waals surface area contributed by atoms with Gasteiger partial charge in [0, 0.05) is 24.4 Å². The maximum absolute atomic E-state index is 13.5. The van der Waals surface area contributed by atoms with Gasteiger partial charge in [-0.2, -0.15) is 0 Å². The molecule has 6 nitrogen and oxygen atoms in total. The Hall–Kier alpha value is -2.55. The lowest BCUT2D eigenvalue weighted by molar-refractivity contribution is -0.313. The second-order valence-electron chi connectivity index (χ2n) is 11.6. The third kappa shape index (κ3) is 5.44. The number of aliphatic hydroxyl groups excluding tert-OH is 1. The fraction of sp³-hybridized carbons (Fsp3) is 0.567. The molecule has 3 aliphatic rings. The van der Waals surface area contributed by atoms with Crippen LogP contribution in [-0.2, 0) is 20.8 Å². The van der Waals surface area contributed by atoms with Crippen molar-refractivity contribution >= 4 is 5.91 Å². The highest BCUT2D eigenvalue weighted by Crippen LogP contribution is 2.62. The summed E-state index contributed by atoms with van der Waals surface area (Å²) in [5, 5.41) is 13.8. The van der Waals surface area contributed by atoms with Crippen LogP contribution in [0.25, 0.3) is 0 Å². The number of carbonyl (C=O) groups is 1. The summed E-state index contributed by atoms with van der Waals surface area (Å²) in [6.07, 6.45) is 2.20. The number of rotatable bonds is 7. The number of nitrogens with one attached hydrogen (secondary N) is 1. The average Bonchev–Trinajstić information content (AvgIpc) is 2.88. The Morgan fingerprint density at radius 3 is 2.55 bits per heavy atom. The van der Waals surface area contributed by atoms with E-state index in [4.69, 9.17) is 14.2 Å². The normalized spacial score (nSPS) is 34.6. The largest absolute Gasteiger partial charge is 0.488 e. The van der Waals surface area contributed by atoms with Gasteiger partial charge in [-0.15, -0.1) is 0 Å². The zero-order valence-corrected chi connectivity index (χ0v) is 22.0. The molecule has 0 spiro atoms. The third-order valence-electron chi connectivity index (χ3n) is 9.18. The van der Waals surface area contributed by atoms with E-state index in [9.17, 15) is 18.7 Å². The van der Waals surface area contributed by atoms with Crippen LogP contribution in [0.4, 0.5) is 8.78 Å². The number of amides is 1. The molecule has 3 fully saturated rings. The first kappa shape index (κ1) is 27.0. The summed E-state index contributed by atoms with van der Waals surface area (Å²) in [4.78, 5) is 12.9. The molecule has 38 heavy (non-hydrogen) atoms. The lowest BCUT2D eigenvalue weighted by Gasteiger charge is -2.62. The molecular weight excluding hydrogens is 492 g/mol. The summed E-state index contributed by atoms with van der Waals surface area (Å²) >= 11 is 0. The van der Waals surface area contributed by atoms with E-state index in [2.05, 4.69) is 19.2 Å². The van der Waals surface area contributed by atoms with Gasteiger partial charge in [0.1, 0.15) is 24.0 Å². The highest BCUT2D eigenvalue weighted by Gasteiger charge is 2.61. The Bertz CT molecular complexity index is 1110. The van der Waals surface area contributed by atoms with E-state index in [1.165, 1.54) is 12.1 Å². The van der Waals surface area contributed by atoms with Gasteiger partial charge in [0.25, 0.3) is 0 Å². The highest BCUT2D eigenvalue weighted by molar-refractivity contribution is 5.76. The Morgan fingerprint density at radius 2 is 1.82 bits per heavy atom. The smallest absolute Gasteiger partial charge is 0.220 e. The maximum atomic E-state index is 13.5. The summed E-state index contributed by atoms with van der Waals surface area (Å²) in [6.45, 7) is 5.27. The molecule has 2 aromatic carbocycles. The zero-order chi connectivity index (χ0) is 26.9. The molecule has 0 bridgehead atoms. The molecule has 1 amide bonds. The molecule has 0 radical (unpaired) electrons. The van der Waals surface area contributed by atoms with Crippen molar-refractivity contribution in [3.8, 4) is 5.75 Å². The van der Waals surface area contributed by atoms with Gasteiger partial charge >= 0.3 is 0 Å². The van der Waals surface area contributed by atoms with Gasteiger partial charge in [0.2, 0.25) is 5.91 Å². The van der Waals surface area contributed by atoms with Crippen LogP contribution in [0.15, 0.2) is 48.5 Å². The Balaban J connectivity index is 1.22. The molecule has 1 aliphatic heterocycles. The number of halogens is 2. The standard InChI is InChI=1S/C30H37F2NO5/c1-29-11-10-26-30(2,18-37-28(38-26)17-36-22-6-4-3-5-7-22)25(29)9-8-24(34)23(29)15-27(35)33-16-19-12-20(31)14-21(32)13-19/h3-7,12-14,23-26,28,34H,8-11,15-18H2,1-2H3,(H,33,35)/t23-,24-,25+,26-,28-,29+,30+/m1/s1. The average molecular weight is 530 g/mol. The maximum Gasteiger partial charge on any atom is 0.220 e. The molecule has 2 aromatic rings. The van der Waals surface area contributed by atoms with E-state index in [1.807, 2.05) is 30.3 Å². The summed E-state index contributed by atoms with van der Waals surface area (Å²) < 4.78 is 45.5. The molecular formula is C30H37F2NO5. The molecule has 0 unspecified atom stereocenters. The lowest BCUT2D eigenvalue weighted by atomic mass is 9.46. The van der Waals surface area contributed by atoms with Gasteiger partial charge in [-0.1, -0.05) is 32.0 Å². The van der Waals surface area contributed by atoms with Crippen LogP contribution in [0.3, 0.4) is 0 Å². The minimum atomic E-state index is -0.678. The predicted octanol–water partition coefficient (Wildman–Crippen LogP) is 4.99. The second-order valence-corrected chi connectivity index (χ2v) is 11.6. The van der Waals surface area contributed by atoms with Crippen LogP contribution in [-0.4, -0.2) is 42.7 Å². The van der Waals surface area contributed by atoms with Gasteiger partial charge in [-0.3, -0.25) is 4.79 Å². The van der Waals surface area contributed by atoms with Gasteiger partial charge in [-0.25, -0.2) is 8.78 Å². The first-order valence-corrected chi connectivity index (χ1v) is 13.5. The molecule has 2 aliphatic carbocycles. The first-order valence-electron chi connectivity index (χ1n) is 13.5. The number of benzene rings is 2. The molecule has 2 N–H and O–H groups in total. The van der Waals surface area contributed by atoms with Crippen molar-refractivity contribution in [2.75, 3.05) is 13.2 Å². The van der Waals surface area contributed by atoms with Crippen molar-refractivity contribution in [1.82, 2.24) is 5.32 Å². The molecule has 8 heteroatoms. The lowest BCUT2D eigenvalue weighted by Crippen LogP contribution is -2.63. The SMILES string of the molecule is C[C@@]12CO[C@@H](COc3ccccc3)O[C@@H]1CC[C@]1(C)[C@@H]2CC[C@@H](O)[C@H]1CC(=O)NCc1cc(F)cc(F)c1. The van der Waals surface area contributed by atoms with Crippen LogP contribution in [0.1, 0.15) is 51.5 Å². The number of ether oxygens (including phenoxy) is 3. The Labute approximate surface area is 222 Å². The van der Waals surface area contributed by atoms with Gasteiger partial charge in [-0.05, 0) is 72.8 Å². The summed E-state index contributed by atoms with van der Waals surface area (Å²) in [6, 6.07) is 12.8. The molecule has 206 valence electrons. The van der Waals surface area contributed by atoms with E-state index in [1.54, 1.807) is 0 Å². The summed E-state index contributed by atoms with van der Waals surface area (Å²) in [5.41, 5.74) is -0.158. The van der Waals surface area contributed by atoms with Gasteiger partial charge in [0.15, 0.2) is 6.29 Å². The van der Waals surface area contributed by atoms with Crippen LogP contribution in [0, 0.1) is 34.3 Å². The van der Waals surface area contributed by atoms with E-state index in [-0.39, 0.29) is 47.6 Å². The summed E-state index contributed by atoms with van der Waals surface area (Å²) in [5.74, 6) is -0.840. The van der Waals surface area contributed by atoms with Crippen LogP contribution < -0.4 is 10.1 Å².